The summed E-state index contributed by atoms with van der Waals surface area (Å²) in [6.45, 7) is 4.12. The molecular weight excluding hydrogens is 368 g/mol. The maximum atomic E-state index is 12.4. The van der Waals surface area contributed by atoms with Gasteiger partial charge in [0.25, 0.3) is 5.91 Å². The first-order valence-electron chi connectivity index (χ1n) is 9.20. The van der Waals surface area contributed by atoms with E-state index < -0.39 is 11.9 Å². The summed E-state index contributed by atoms with van der Waals surface area (Å²) in [7, 11) is 1.30. The lowest BCUT2D eigenvalue weighted by Crippen LogP contribution is -2.15. The Morgan fingerprint density at radius 1 is 1.03 bits per heavy atom. The lowest BCUT2D eigenvalue weighted by atomic mass is 10.1. The molecule has 2 N–H and O–H groups in total. The lowest BCUT2D eigenvalue weighted by molar-refractivity contribution is 0.0600. The molecule has 2 aromatic carbocycles. The molecule has 7 heteroatoms. The van der Waals surface area contributed by atoms with E-state index in [0.717, 1.165) is 17.7 Å². The second-order valence-electron chi connectivity index (χ2n) is 6.42. The van der Waals surface area contributed by atoms with Gasteiger partial charge in [-0.1, -0.05) is 31.2 Å². The summed E-state index contributed by atoms with van der Waals surface area (Å²) in [6, 6.07) is 15.9. The Kier molecular flexibility index (Phi) is 6.19. The van der Waals surface area contributed by atoms with E-state index in [9.17, 15) is 9.59 Å². The molecular formula is C22H22N4O3. The molecule has 3 rings (SSSR count). The first-order valence-corrected chi connectivity index (χ1v) is 9.20. The summed E-state index contributed by atoms with van der Waals surface area (Å²) in [5, 5.41) is 14.1. The van der Waals surface area contributed by atoms with E-state index in [-0.39, 0.29) is 5.69 Å². The Morgan fingerprint density at radius 3 is 2.52 bits per heavy atom. The van der Waals surface area contributed by atoms with Gasteiger partial charge >= 0.3 is 5.97 Å². The largest absolute Gasteiger partial charge is 0.465 e. The molecule has 0 saturated carbocycles. The van der Waals surface area contributed by atoms with Gasteiger partial charge in [-0.3, -0.25) is 4.79 Å². The summed E-state index contributed by atoms with van der Waals surface area (Å²) < 4.78 is 4.69. The highest BCUT2D eigenvalue weighted by Gasteiger charge is 2.12. The van der Waals surface area contributed by atoms with Gasteiger partial charge in [0.05, 0.1) is 12.7 Å². The number of ether oxygens (including phenoxy) is 1. The molecule has 0 atom stereocenters. The van der Waals surface area contributed by atoms with E-state index in [1.54, 1.807) is 30.3 Å². The number of aromatic nitrogens is 2. The van der Waals surface area contributed by atoms with Crippen LogP contribution in [0.2, 0.25) is 0 Å². The number of rotatable bonds is 6. The lowest BCUT2D eigenvalue weighted by Gasteiger charge is -2.13. The third-order valence-corrected chi connectivity index (χ3v) is 4.43. The van der Waals surface area contributed by atoms with E-state index in [1.165, 1.54) is 18.7 Å². The zero-order chi connectivity index (χ0) is 20.8. The number of carbonyl (C=O) groups is 2. The zero-order valence-corrected chi connectivity index (χ0v) is 16.5. The first kappa shape index (κ1) is 20.0. The molecule has 1 amide bonds. The normalized spacial score (nSPS) is 10.3. The predicted molar refractivity (Wildman–Crippen MR) is 112 cm³/mol. The number of para-hydroxylation sites is 1. The maximum Gasteiger partial charge on any atom is 0.337 e. The quantitative estimate of drug-likeness (QED) is 0.615. The number of hydrogen-bond acceptors (Lipinski definition) is 6. The summed E-state index contributed by atoms with van der Waals surface area (Å²) in [5.41, 5.74) is 4.27. The SMILES string of the molecule is CCc1cccc(C)c1Nc1ccc(C(=O)Nc2cccc(C(=O)OC)c2)nn1. The minimum atomic E-state index is -0.473. The fourth-order valence-electron chi connectivity index (χ4n) is 2.89. The van der Waals surface area contributed by atoms with Gasteiger partial charge in [-0.25, -0.2) is 4.79 Å². The molecule has 148 valence electrons. The Hall–Kier alpha value is -3.74. The summed E-state index contributed by atoms with van der Waals surface area (Å²) >= 11 is 0. The minimum absolute atomic E-state index is 0.166. The van der Waals surface area contributed by atoms with E-state index in [1.807, 2.05) is 19.1 Å². The number of esters is 1. The molecule has 3 aromatic rings. The molecule has 0 aliphatic rings. The van der Waals surface area contributed by atoms with Crippen molar-refractivity contribution in [2.24, 2.45) is 0 Å². The van der Waals surface area contributed by atoms with Crippen molar-refractivity contribution in [2.75, 3.05) is 17.7 Å². The molecule has 0 fully saturated rings. The number of nitrogens with one attached hydrogen (secondary N) is 2. The number of amides is 1. The molecule has 0 saturated heterocycles. The molecule has 1 aromatic heterocycles. The Morgan fingerprint density at radius 2 is 1.83 bits per heavy atom. The zero-order valence-electron chi connectivity index (χ0n) is 16.5. The number of nitrogens with zero attached hydrogens (tertiary/aromatic N) is 2. The van der Waals surface area contributed by atoms with Gasteiger partial charge in [0.2, 0.25) is 0 Å². The number of methoxy groups -OCH3 is 1. The maximum absolute atomic E-state index is 12.4. The molecule has 0 radical (unpaired) electrons. The molecule has 29 heavy (non-hydrogen) atoms. The molecule has 0 unspecified atom stereocenters. The third-order valence-electron chi connectivity index (χ3n) is 4.43. The van der Waals surface area contributed by atoms with Crippen LogP contribution in [0.5, 0.6) is 0 Å². The van der Waals surface area contributed by atoms with Crippen LogP contribution < -0.4 is 10.6 Å². The van der Waals surface area contributed by atoms with E-state index in [2.05, 4.69) is 38.6 Å². The van der Waals surface area contributed by atoms with E-state index >= 15 is 0 Å². The monoisotopic (exact) mass is 390 g/mol. The average molecular weight is 390 g/mol. The van der Waals surface area contributed by atoms with Gasteiger partial charge < -0.3 is 15.4 Å². The van der Waals surface area contributed by atoms with Crippen LogP contribution in [0.25, 0.3) is 0 Å². The van der Waals surface area contributed by atoms with Crippen LogP contribution in [0.1, 0.15) is 38.9 Å². The van der Waals surface area contributed by atoms with Crippen molar-refractivity contribution in [3.63, 3.8) is 0 Å². The van der Waals surface area contributed by atoms with Gasteiger partial charge in [0.15, 0.2) is 11.5 Å². The van der Waals surface area contributed by atoms with Gasteiger partial charge in [-0.2, -0.15) is 0 Å². The summed E-state index contributed by atoms with van der Waals surface area (Å²) in [4.78, 5) is 24.1. The van der Waals surface area contributed by atoms with Crippen molar-refractivity contribution >= 4 is 29.1 Å². The van der Waals surface area contributed by atoms with Crippen LogP contribution in [0.3, 0.4) is 0 Å². The second-order valence-corrected chi connectivity index (χ2v) is 6.42. The van der Waals surface area contributed by atoms with Crippen molar-refractivity contribution in [1.29, 1.82) is 0 Å². The number of hydrogen-bond donors (Lipinski definition) is 2. The Labute approximate surface area is 169 Å². The molecule has 0 spiro atoms. The van der Waals surface area contributed by atoms with Crippen LogP contribution in [0, 0.1) is 6.92 Å². The number of aryl methyl sites for hydroxylation is 2. The van der Waals surface area contributed by atoms with Crippen molar-refractivity contribution in [1.82, 2.24) is 10.2 Å². The molecule has 0 bridgehead atoms. The second kappa shape index (κ2) is 8.97. The van der Waals surface area contributed by atoms with Gasteiger partial charge in [-0.15, -0.1) is 10.2 Å². The fourth-order valence-corrected chi connectivity index (χ4v) is 2.89. The number of benzene rings is 2. The van der Waals surface area contributed by atoms with Crippen molar-refractivity contribution in [3.05, 3.63) is 77.0 Å². The Bertz CT molecular complexity index is 1030. The van der Waals surface area contributed by atoms with Crippen LogP contribution in [-0.4, -0.2) is 29.2 Å². The fraction of sp³-hybridized carbons (Fsp3) is 0.182. The van der Waals surface area contributed by atoms with Gasteiger partial charge in [0, 0.05) is 11.4 Å². The summed E-state index contributed by atoms with van der Waals surface area (Å²) in [5.74, 6) is -0.339. The average Bonchev–Trinajstić information content (AvgIpc) is 2.75. The first-order chi connectivity index (χ1) is 14.0. The number of anilines is 3. The summed E-state index contributed by atoms with van der Waals surface area (Å²) in [6.07, 6.45) is 0.891. The smallest absolute Gasteiger partial charge is 0.337 e. The van der Waals surface area contributed by atoms with Gasteiger partial charge in [0.1, 0.15) is 0 Å². The molecule has 0 aliphatic heterocycles. The minimum Gasteiger partial charge on any atom is -0.465 e. The number of carbonyl (C=O) groups excluding carboxylic acids is 2. The third kappa shape index (κ3) is 4.76. The Balaban J connectivity index is 1.72. The standard InChI is InChI=1S/C22H22N4O3/c1-4-15-8-5-7-14(2)20(15)24-19-12-11-18(25-26-19)21(27)23-17-10-6-9-16(13-17)22(28)29-3/h5-13H,4H2,1-3H3,(H,23,27)(H,24,26). The predicted octanol–water partition coefficient (Wildman–Crippen LogP) is 4.13. The topological polar surface area (TPSA) is 93.2 Å². The van der Waals surface area contributed by atoms with Gasteiger partial charge in [-0.05, 0) is 54.8 Å². The highest BCUT2D eigenvalue weighted by Crippen LogP contribution is 2.24. The van der Waals surface area contributed by atoms with E-state index in [0.29, 0.717) is 17.1 Å². The molecule has 1 heterocycles. The van der Waals surface area contributed by atoms with Crippen LogP contribution in [0.15, 0.2) is 54.6 Å². The highest BCUT2D eigenvalue weighted by atomic mass is 16.5. The van der Waals surface area contributed by atoms with Crippen LogP contribution in [-0.2, 0) is 11.2 Å². The van der Waals surface area contributed by atoms with Crippen LogP contribution in [0.4, 0.5) is 17.2 Å². The van der Waals surface area contributed by atoms with Crippen molar-refractivity contribution in [2.45, 2.75) is 20.3 Å². The van der Waals surface area contributed by atoms with Crippen molar-refractivity contribution in [3.8, 4) is 0 Å². The van der Waals surface area contributed by atoms with E-state index in [4.69, 9.17) is 0 Å². The highest BCUT2D eigenvalue weighted by molar-refractivity contribution is 6.03. The van der Waals surface area contributed by atoms with Crippen molar-refractivity contribution < 1.29 is 14.3 Å². The molecule has 0 aliphatic carbocycles. The van der Waals surface area contributed by atoms with Crippen LogP contribution >= 0.6 is 0 Å². The molecule has 7 nitrogen and oxygen atoms in total.